The minimum Gasteiger partial charge on any atom is -0.444 e. The van der Waals surface area contributed by atoms with Crippen LogP contribution in [-0.4, -0.2) is 90.6 Å². The summed E-state index contributed by atoms with van der Waals surface area (Å²) in [6.07, 6.45) is -13.3. The van der Waals surface area contributed by atoms with Crippen LogP contribution in [0.2, 0.25) is 0 Å². The number of nitrogens with zero attached hydrogens (tertiary/aromatic N) is 1. The van der Waals surface area contributed by atoms with Gasteiger partial charge in [0.2, 0.25) is 23.7 Å². The molecule has 4 amide bonds. The van der Waals surface area contributed by atoms with Gasteiger partial charge in [0.25, 0.3) is 0 Å². The topological polar surface area (TPSA) is 283 Å². The Kier molecular flexibility index (Phi) is 26.5. The van der Waals surface area contributed by atoms with E-state index in [9.17, 15) is 67.1 Å². The molecule has 0 spiro atoms. The highest BCUT2D eigenvalue weighted by molar-refractivity contribution is 7.91. The van der Waals surface area contributed by atoms with Gasteiger partial charge in [0.15, 0.2) is 0 Å². The van der Waals surface area contributed by atoms with Crippen LogP contribution in [-0.2, 0) is 57.0 Å². The lowest BCUT2D eigenvalue weighted by Gasteiger charge is -2.20. The lowest BCUT2D eigenvalue weighted by Crippen LogP contribution is -2.46. The Morgan fingerprint density at radius 2 is 0.920 bits per heavy atom. The molecule has 0 fully saturated rings. The van der Waals surface area contributed by atoms with E-state index in [2.05, 4.69) is 15.0 Å². The molecule has 294 valence electrons. The number of ether oxygens (including phenoxy) is 3. The summed E-state index contributed by atoms with van der Waals surface area (Å²) >= 11 is -1.50. The molecule has 19 nitrogen and oxygen atoms in total. The SMILES string of the molecule is CC(=O)NC(=N)NC(=O)OC(C)(C)C.CC(=O)NC(=NS(=O)(=O)C(F)(F)F)NC(=O)OC(C)(C)C.FC(F)(F)OC(F)(F)F.O=S=O.O=S=O. The third kappa shape index (κ3) is 45.9. The highest BCUT2D eigenvalue weighted by Crippen LogP contribution is 2.28. The highest BCUT2D eigenvalue weighted by Gasteiger charge is 2.47. The first-order valence-electron chi connectivity index (χ1n) is 11.6. The van der Waals surface area contributed by atoms with Gasteiger partial charge in [-0.05, 0) is 41.5 Å². The molecule has 0 radical (unpaired) electrons. The van der Waals surface area contributed by atoms with Gasteiger partial charge in [0.1, 0.15) is 11.2 Å². The largest absolute Gasteiger partial charge is 0.529 e. The van der Waals surface area contributed by atoms with Crippen molar-refractivity contribution in [1.82, 2.24) is 21.3 Å². The fraction of sp³-hybridized carbons (Fsp3) is 0.684. The van der Waals surface area contributed by atoms with Crippen molar-refractivity contribution in [3.8, 4) is 0 Å². The molecule has 31 heteroatoms. The van der Waals surface area contributed by atoms with Crippen LogP contribution in [0.1, 0.15) is 55.4 Å². The van der Waals surface area contributed by atoms with E-state index < -0.39 is 98.5 Å². The average Bonchev–Trinajstić information content (AvgIpc) is 2.73. The molecule has 0 aliphatic rings. The Morgan fingerprint density at radius 1 is 0.620 bits per heavy atom. The van der Waals surface area contributed by atoms with E-state index >= 15 is 0 Å². The minimum absolute atomic E-state index is 0.397. The summed E-state index contributed by atoms with van der Waals surface area (Å²) < 4.78 is 169. The Balaban J connectivity index is -0.000000200. The molecule has 0 rings (SSSR count). The second-order valence-corrected chi connectivity index (χ2v) is 11.3. The maximum Gasteiger partial charge on any atom is 0.529 e. The Morgan fingerprint density at radius 3 is 1.14 bits per heavy atom. The number of alkyl carbamates (subject to hydrolysis) is 2. The predicted molar refractivity (Wildman–Crippen MR) is 148 cm³/mol. The standard InChI is InChI=1S/C9H14F3N3O5S.C8H15N3O3.C2F6O.2O2S/c1-5(16)13-6(14-7(17)20-8(2,3)4)15-21(18,19)9(10,11)12;1-5(12)10-6(9)11-7(13)14-8(2,3)4;3-1(4,5)9-2(6,7)8;2*1-3-2/h1-4H3,(H2,13,14,15,16,17);1-4H3,(H3,9,10,11,12,13);;;. The monoisotopic (exact) mass is 816 g/mol. The van der Waals surface area contributed by atoms with E-state index in [1.807, 2.05) is 0 Å². The van der Waals surface area contributed by atoms with Crippen LogP contribution in [0.3, 0.4) is 0 Å². The minimum atomic E-state index is -5.93. The fourth-order valence-corrected chi connectivity index (χ4v) is 2.00. The molecule has 0 heterocycles. The van der Waals surface area contributed by atoms with Crippen molar-refractivity contribution < 1.29 is 98.2 Å². The molecular weight excluding hydrogens is 787 g/mol. The third-order valence-corrected chi connectivity index (χ3v) is 3.58. The first kappa shape index (κ1) is 55.2. The number of halogens is 9. The molecule has 0 aromatic rings. The first-order valence-corrected chi connectivity index (χ1v) is 14.4. The van der Waals surface area contributed by atoms with Gasteiger partial charge in [0, 0.05) is 13.8 Å². The zero-order chi connectivity index (χ0) is 41.5. The zero-order valence-electron chi connectivity index (χ0n) is 26.4. The molecule has 0 aliphatic heterocycles. The van der Waals surface area contributed by atoms with Crippen LogP contribution in [0, 0.1) is 5.41 Å². The van der Waals surface area contributed by atoms with E-state index in [1.54, 1.807) is 36.1 Å². The number of carbonyl (C=O) groups excluding carboxylic acids is 4. The van der Waals surface area contributed by atoms with E-state index in [1.165, 1.54) is 27.7 Å². The number of nitrogens with one attached hydrogen (secondary N) is 5. The molecule has 5 N–H and O–H groups in total. The number of sulfonamides is 1. The van der Waals surface area contributed by atoms with Gasteiger partial charge in [-0.2, -0.15) is 43.2 Å². The van der Waals surface area contributed by atoms with Crippen LogP contribution < -0.4 is 21.3 Å². The van der Waals surface area contributed by atoms with Gasteiger partial charge in [-0.15, -0.1) is 30.7 Å². The molecule has 50 heavy (non-hydrogen) atoms. The quantitative estimate of drug-likeness (QED) is 0.144. The summed E-state index contributed by atoms with van der Waals surface area (Å²) in [7, 11) is -5.93. The average molecular weight is 817 g/mol. The molecule has 0 bridgehead atoms. The Bertz CT molecular complexity index is 1320. The number of hydrogen-bond acceptors (Lipinski definition) is 14. The molecule has 0 saturated heterocycles. The van der Waals surface area contributed by atoms with Crippen LogP contribution in [0.25, 0.3) is 0 Å². The number of amides is 4. The second-order valence-electron chi connectivity index (χ2n) is 9.48. The lowest BCUT2D eigenvalue weighted by molar-refractivity contribution is -0.463. The summed E-state index contributed by atoms with van der Waals surface area (Å²) in [4.78, 5) is 43.6. The molecule has 0 aromatic carbocycles. The van der Waals surface area contributed by atoms with Crippen LogP contribution in [0.4, 0.5) is 49.1 Å². The third-order valence-electron chi connectivity index (χ3n) is 2.58. The summed E-state index contributed by atoms with van der Waals surface area (Å²) in [5.74, 6) is -2.98. The summed E-state index contributed by atoms with van der Waals surface area (Å²) in [5.41, 5.74) is -7.29. The zero-order valence-corrected chi connectivity index (χ0v) is 28.8. The molecular formula is C19H29F9N6O13S3. The maximum absolute atomic E-state index is 12.2. The number of rotatable bonds is 1. The van der Waals surface area contributed by atoms with Crippen molar-refractivity contribution >= 4 is 69.1 Å². The van der Waals surface area contributed by atoms with Gasteiger partial charge in [-0.1, -0.05) is 0 Å². The van der Waals surface area contributed by atoms with Crippen molar-refractivity contribution in [3.05, 3.63) is 0 Å². The van der Waals surface area contributed by atoms with Crippen molar-refractivity contribution in [2.45, 2.75) is 84.8 Å². The number of hydrogen-bond donors (Lipinski definition) is 5. The van der Waals surface area contributed by atoms with Gasteiger partial charge in [-0.3, -0.25) is 36.3 Å². The van der Waals surface area contributed by atoms with E-state index in [4.69, 9.17) is 31.7 Å². The molecule has 0 unspecified atom stereocenters. The summed E-state index contributed by atoms with van der Waals surface area (Å²) in [5, 5.41) is 14.5. The van der Waals surface area contributed by atoms with Crippen molar-refractivity contribution in [3.63, 3.8) is 0 Å². The van der Waals surface area contributed by atoms with Crippen molar-refractivity contribution in [1.29, 1.82) is 5.41 Å². The van der Waals surface area contributed by atoms with E-state index in [0.717, 1.165) is 6.92 Å². The van der Waals surface area contributed by atoms with E-state index in [-0.39, 0.29) is 0 Å². The van der Waals surface area contributed by atoms with Crippen LogP contribution in [0.15, 0.2) is 4.40 Å². The van der Waals surface area contributed by atoms with Gasteiger partial charge in [0.05, 0.1) is 0 Å². The Hall–Kier alpha value is -4.26. The number of guanidine groups is 2. The number of alkyl halides is 9. The molecule has 0 aliphatic carbocycles. The first-order chi connectivity index (χ1) is 21.9. The van der Waals surface area contributed by atoms with Crippen LogP contribution >= 0.6 is 0 Å². The molecule has 0 saturated carbocycles. The maximum atomic E-state index is 12.2. The van der Waals surface area contributed by atoms with Gasteiger partial charge >= 0.3 is 63.6 Å². The normalized spacial score (nSPS) is 11.6. The highest BCUT2D eigenvalue weighted by atomic mass is 32.2. The smallest absolute Gasteiger partial charge is 0.444 e. The Labute approximate surface area is 283 Å². The van der Waals surface area contributed by atoms with Crippen LogP contribution in [0.5, 0.6) is 0 Å². The predicted octanol–water partition coefficient (Wildman–Crippen LogP) is 2.14. The van der Waals surface area contributed by atoms with E-state index in [0.29, 0.717) is 0 Å². The number of carbonyl (C=O) groups is 4. The fourth-order valence-electron chi connectivity index (χ4n) is 1.56. The summed E-state index contributed by atoms with van der Waals surface area (Å²) in [6, 6.07) is 0. The van der Waals surface area contributed by atoms with Crippen molar-refractivity contribution in [2.24, 2.45) is 4.40 Å². The lowest BCUT2D eigenvalue weighted by atomic mass is 10.2. The van der Waals surface area contributed by atoms with Gasteiger partial charge in [-0.25, -0.2) is 9.59 Å². The summed E-state index contributed by atoms with van der Waals surface area (Å²) in [6.45, 7) is 11.6. The molecule has 0 atom stereocenters. The van der Waals surface area contributed by atoms with Gasteiger partial charge < -0.3 is 9.47 Å². The molecule has 0 aromatic heterocycles. The van der Waals surface area contributed by atoms with Crippen molar-refractivity contribution in [2.75, 3.05) is 0 Å². The second kappa shape index (κ2) is 24.0.